The van der Waals surface area contributed by atoms with Gasteiger partial charge < -0.3 is 15.0 Å². The highest BCUT2D eigenvalue weighted by molar-refractivity contribution is 7.99. The Morgan fingerprint density at radius 1 is 1.00 bits per heavy atom. The maximum Gasteiger partial charge on any atom is 0.252 e. The lowest BCUT2D eigenvalue weighted by Gasteiger charge is -2.21. The summed E-state index contributed by atoms with van der Waals surface area (Å²) in [6.07, 6.45) is 0. The van der Waals surface area contributed by atoms with Gasteiger partial charge in [0.05, 0.1) is 5.69 Å². The van der Waals surface area contributed by atoms with Gasteiger partial charge in [0.25, 0.3) is 5.91 Å². The smallest absolute Gasteiger partial charge is 0.252 e. The van der Waals surface area contributed by atoms with Crippen molar-refractivity contribution >= 4 is 29.3 Å². The van der Waals surface area contributed by atoms with Crippen LogP contribution in [0.2, 0.25) is 0 Å². The van der Waals surface area contributed by atoms with E-state index in [2.05, 4.69) is 5.32 Å². The third kappa shape index (κ3) is 4.27. The van der Waals surface area contributed by atoms with Crippen LogP contribution in [-0.4, -0.2) is 30.7 Å². The Morgan fingerprint density at radius 3 is 2.55 bits per heavy atom. The summed E-state index contributed by atoms with van der Waals surface area (Å²) in [6, 6.07) is 23.5. The average molecular weight is 404 g/mol. The van der Waals surface area contributed by atoms with Crippen LogP contribution in [0.1, 0.15) is 10.4 Å². The molecule has 0 saturated carbocycles. The van der Waals surface area contributed by atoms with Crippen molar-refractivity contribution in [3.8, 4) is 11.5 Å². The van der Waals surface area contributed by atoms with Gasteiger partial charge in [-0.1, -0.05) is 36.4 Å². The standard InChI is InChI=1S/C23H20N2O3S/c1-25-20-12-5-6-13-21(20)29-15-19(23(25)27)24-22(26)16-8-7-11-18(14-16)28-17-9-3-2-4-10-17/h2-14,19H,15H2,1H3,(H,24,26)/t19-/m0/s1. The number of anilines is 1. The average Bonchev–Trinajstić information content (AvgIpc) is 2.87. The van der Waals surface area contributed by atoms with E-state index in [1.54, 1.807) is 48.0 Å². The number of hydrogen-bond donors (Lipinski definition) is 1. The number of ether oxygens (including phenoxy) is 1. The number of likely N-dealkylation sites (N-methyl/N-ethyl adjacent to an activating group) is 1. The van der Waals surface area contributed by atoms with E-state index in [1.165, 1.54) is 0 Å². The van der Waals surface area contributed by atoms with Gasteiger partial charge in [-0.25, -0.2) is 0 Å². The molecule has 0 aromatic heterocycles. The van der Waals surface area contributed by atoms with Crippen LogP contribution in [0.5, 0.6) is 11.5 Å². The van der Waals surface area contributed by atoms with Crippen molar-refractivity contribution in [3.05, 3.63) is 84.4 Å². The maximum absolute atomic E-state index is 12.9. The molecule has 0 unspecified atom stereocenters. The van der Waals surface area contributed by atoms with Crippen LogP contribution in [0.4, 0.5) is 5.69 Å². The third-order valence-corrected chi connectivity index (χ3v) is 5.80. The van der Waals surface area contributed by atoms with E-state index in [4.69, 9.17) is 4.74 Å². The molecule has 29 heavy (non-hydrogen) atoms. The summed E-state index contributed by atoms with van der Waals surface area (Å²) in [4.78, 5) is 28.3. The molecule has 3 aromatic rings. The second-order valence-corrected chi connectivity index (χ2v) is 7.71. The molecule has 1 N–H and O–H groups in total. The molecule has 0 fully saturated rings. The van der Waals surface area contributed by atoms with Gasteiger partial charge >= 0.3 is 0 Å². The van der Waals surface area contributed by atoms with Gasteiger partial charge in [-0.2, -0.15) is 0 Å². The predicted octanol–water partition coefficient (Wildman–Crippen LogP) is 4.35. The van der Waals surface area contributed by atoms with Gasteiger partial charge in [-0.05, 0) is 42.5 Å². The summed E-state index contributed by atoms with van der Waals surface area (Å²) in [7, 11) is 1.74. The molecule has 1 aliphatic rings. The van der Waals surface area contributed by atoms with E-state index < -0.39 is 6.04 Å². The topological polar surface area (TPSA) is 58.6 Å². The number of hydrogen-bond acceptors (Lipinski definition) is 4. The summed E-state index contributed by atoms with van der Waals surface area (Å²) in [5.41, 5.74) is 1.30. The molecule has 4 rings (SSSR count). The predicted molar refractivity (Wildman–Crippen MR) is 115 cm³/mol. The van der Waals surface area contributed by atoms with E-state index in [0.29, 0.717) is 22.8 Å². The van der Waals surface area contributed by atoms with Crippen molar-refractivity contribution in [2.24, 2.45) is 0 Å². The lowest BCUT2D eigenvalue weighted by molar-refractivity contribution is -0.119. The normalized spacial score (nSPS) is 16.0. The quantitative estimate of drug-likeness (QED) is 0.703. The fraction of sp³-hybridized carbons (Fsp3) is 0.130. The van der Waals surface area contributed by atoms with Crippen molar-refractivity contribution in [1.29, 1.82) is 0 Å². The number of fused-ring (bicyclic) bond motifs is 1. The fourth-order valence-electron chi connectivity index (χ4n) is 3.12. The van der Waals surface area contributed by atoms with Crippen LogP contribution < -0.4 is 15.0 Å². The summed E-state index contributed by atoms with van der Waals surface area (Å²) in [5.74, 6) is 1.30. The SMILES string of the molecule is CN1C(=O)[C@@H](NC(=O)c2cccc(Oc3ccccc3)c2)CSc2ccccc21. The van der Waals surface area contributed by atoms with E-state index in [0.717, 1.165) is 10.6 Å². The Kier molecular flexibility index (Phi) is 5.53. The fourth-order valence-corrected chi connectivity index (χ4v) is 4.22. The van der Waals surface area contributed by atoms with Gasteiger partial charge in [0.2, 0.25) is 5.91 Å². The molecular weight excluding hydrogens is 384 g/mol. The van der Waals surface area contributed by atoms with E-state index >= 15 is 0 Å². The number of benzene rings is 3. The van der Waals surface area contributed by atoms with Crippen molar-refractivity contribution in [2.75, 3.05) is 17.7 Å². The van der Waals surface area contributed by atoms with Crippen LogP contribution >= 0.6 is 11.8 Å². The Hall–Kier alpha value is -3.25. The first-order valence-electron chi connectivity index (χ1n) is 9.25. The Balaban J connectivity index is 1.48. The molecule has 0 aliphatic carbocycles. The van der Waals surface area contributed by atoms with Crippen LogP contribution in [0.25, 0.3) is 0 Å². The Labute approximate surface area is 173 Å². The van der Waals surface area contributed by atoms with Crippen molar-refractivity contribution in [3.63, 3.8) is 0 Å². The summed E-state index contributed by atoms with van der Waals surface area (Å²) in [6.45, 7) is 0. The lowest BCUT2D eigenvalue weighted by atomic mass is 10.1. The number of nitrogens with one attached hydrogen (secondary N) is 1. The molecule has 2 amide bonds. The molecule has 0 bridgehead atoms. The van der Waals surface area contributed by atoms with Gasteiger partial charge in [-0.3, -0.25) is 9.59 Å². The van der Waals surface area contributed by atoms with Gasteiger partial charge in [0, 0.05) is 23.3 Å². The van der Waals surface area contributed by atoms with Crippen LogP contribution in [0.15, 0.2) is 83.8 Å². The summed E-state index contributed by atoms with van der Waals surface area (Å²) in [5, 5.41) is 2.87. The lowest BCUT2D eigenvalue weighted by Crippen LogP contribution is -2.48. The highest BCUT2D eigenvalue weighted by Crippen LogP contribution is 2.33. The minimum Gasteiger partial charge on any atom is -0.457 e. The first-order chi connectivity index (χ1) is 14.1. The van der Waals surface area contributed by atoms with E-state index in [9.17, 15) is 9.59 Å². The second kappa shape index (κ2) is 8.41. The summed E-state index contributed by atoms with van der Waals surface area (Å²) >= 11 is 1.57. The monoisotopic (exact) mass is 404 g/mol. The molecule has 146 valence electrons. The molecule has 3 aromatic carbocycles. The zero-order chi connectivity index (χ0) is 20.2. The van der Waals surface area contributed by atoms with Crippen LogP contribution in [0.3, 0.4) is 0 Å². The number of rotatable bonds is 4. The summed E-state index contributed by atoms with van der Waals surface area (Å²) < 4.78 is 5.80. The molecule has 6 heteroatoms. The Morgan fingerprint density at radius 2 is 1.72 bits per heavy atom. The van der Waals surface area contributed by atoms with E-state index in [1.807, 2.05) is 54.6 Å². The number of carbonyl (C=O) groups excluding carboxylic acids is 2. The number of amides is 2. The minimum absolute atomic E-state index is 0.132. The molecule has 1 heterocycles. The highest BCUT2D eigenvalue weighted by Gasteiger charge is 2.29. The zero-order valence-corrected chi connectivity index (χ0v) is 16.7. The minimum atomic E-state index is -0.608. The van der Waals surface area contributed by atoms with Gasteiger partial charge in [-0.15, -0.1) is 11.8 Å². The van der Waals surface area contributed by atoms with Crippen molar-refractivity contribution in [2.45, 2.75) is 10.9 Å². The van der Waals surface area contributed by atoms with Gasteiger partial charge in [0.1, 0.15) is 17.5 Å². The molecule has 0 spiro atoms. The molecule has 0 saturated heterocycles. The van der Waals surface area contributed by atoms with Crippen LogP contribution in [-0.2, 0) is 4.79 Å². The van der Waals surface area contributed by atoms with Crippen molar-refractivity contribution < 1.29 is 14.3 Å². The number of thioether (sulfide) groups is 1. The molecule has 1 atom stereocenters. The van der Waals surface area contributed by atoms with Crippen LogP contribution in [0, 0.1) is 0 Å². The van der Waals surface area contributed by atoms with Gasteiger partial charge in [0.15, 0.2) is 0 Å². The zero-order valence-electron chi connectivity index (χ0n) is 15.9. The second-order valence-electron chi connectivity index (χ2n) is 6.64. The van der Waals surface area contributed by atoms with Crippen molar-refractivity contribution in [1.82, 2.24) is 5.32 Å². The molecule has 0 radical (unpaired) electrons. The first-order valence-corrected chi connectivity index (χ1v) is 10.2. The third-order valence-electron chi connectivity index (χ3n) is 4.64. The largest absolute Gasteiger partial charge is 0.457 e. The molecule has 1 aliphatic heterocycles. The number of para-hydroxylation sites is 2. The highest BCUT2D eigenvalue weighted by atomic mass is 32.2. The van der Waals surface area contributed by atoms with E-state index in [-0.39, 0.29) is 11.8 Å². The number of nitrogens with zero attached hydrogens (tertiary/aromatic N) is 1. The first kappa shape index (κ1) is 19.1. The Bertz CT molecular complexity index is 1040. The number of carbonyl (C=O) groups is 2. The maximum atomic E-state index is 12.9. The molecular formula is C23H20N2O3S. The molecule has 5 nitrogen and oxygen atoms in total.